The molecule has 0 unspecified atom stereocenters. The van der Waals surface area contributed by atoms with Crippen LogP contribution in [0.4, 0.5) is 0 Å². The van der Waals surface area contributed by atoms with Crippen molar-refractivity contribution in [3.8, 4) is 5.75 Å². The highest BCUT2D eigenvalue weighted by Crippen LogP contribution is 2.29. The van der Waals surface area contributed by atoms with Crippen LogP contribution in [0.2, 0.25) is 0 Å². The Labute approximate surface area is 348 Å². The summed E-state index contributed by atoms with van der Waals surface area (Å²) in [7, 11) is 1.65. The van der Waals surface area contributed by atoms with Gasteiger partial charge in [0, 0.05) is 38.8 Å². The van der Waals surface area contributed by atoms with E-state index in [1.165, 1.54) is 4.90 Å². The highest BCUT2D eigenvalue weighted by molar-refractivity contribution is 5.96. The van der Waals surface area contributed by atoms with Gasteiger partial charge in [0.05, 0.1) is 38.1 Å². The van der Waals surface area contributed by atoms with E-state index in [0.29, 0.717) is 11.4 Å². The number of aliphatic hydroxyl groups is 1. The number of likely N-dealkylation sites (tertiary alicyclic amines) is 1. The van der Waals surface area contributed by atoms with Crippen LogP contribution >= 0.6 is 0 Å². The lowest BCUT2D eigenvalue weighted by molar-refractivity contribution is -0.142. The van der Waals surface area contributed by atoms with E-state index in [2.05, 4.69) is 36.9 Å². The molecular formula is C43H53N9O8. The third-order valence-electron chi connectivity index (χ3n) is 10.6. The van der Waals surface area contributed by atoms with E-state index >= 15 is 0 Å². The van der Waals surface area contributed by atoms with Gasteiger partial charge in [0.15, 0.2) is 0 Å². The van der Waals surface area contributed by atoms with Crippen molar-refractivity contribution in [3.63, 3.8) is 0 Å². The van der Waals surface area contributed by atoms with Gasteiger partial charge >= 0.3 is 0 Å². The number of likely N-dealkylation sites (N-methyl/N-ethyl adjacent to an activating group) is 1. The summed E-state index contributed by atoms with van der Waals surface area (Å²) < 4.78 is 12.9. The first-order chi connectivity index (χ1) is 29.1. The van der Waals surface area contributed by atoms with Gasteiger partial charge in [-0.1, -0.05) is 78.0 Å². The Balaban J connectivity index is 1.34. The first-order valence-corrected chi connectivity index (χ1v) is 20.2. The fourth-order valence-electron chi connectivity index (χ4n) is 7.19. The zero-order valence-corrected chi connectivity index (χ0v) is 33.8. The van der Waals surface area contributed by atoms with E-state index in [4.69, 9.17) is 14.6 Å². The van der Waals surface area contributed by atoms with Crippen molar-refractivity contribution in [1.82, 2.24) is 46.5 Å². The second-order valence-corrected chi connectivity index (χ2v) is 14.9. The molecule has 60 heavy (non-hydrogen) atoms. The van der Waals surface area contributed by atoms with Gasteiger partial charge in [0.1, 0.15) is 42.2 Å². The molecule has 17 nitrogen and oxygen atoms in total. The lowest BCUT2D eigenvalue weighted by Gasteiger charge is -2.30. The van der Waals surface area contributed by atoms with Gasteiger partial charge in [0.2, 0.25) is 29.5 Å². The number of carbonyl (C=O) groups excluding carboxylic acids is 5. The third-order valence-corrected chi connectivity index (χ3v) is 10.6. The molecule has 4 heterocycles. The van der Waals surface area contributed by atoms with E-state index in [1.54, 1.807) is 49.1 Å². The Morgan fingerprint density at radius 2 is 1.67 bits per heavy atom. The maximum Gasteiger partial charge on any atom is 0.246 e. The summed E-state index contributed by atoms with van der Waals surface area (Å²) in [6.07, 6.45) is 2.21. The van der Waals surface area contributed by atoms with Gasteiger partial charge in [0.25, 0.3) is 0 Å². The quantitative estimate of drug-likeness (QED) is 0.0947. The molecule has 0 spiro atoms. The number of hydrogen-bond donors (Lipinski definition) is 6. The number of rotatable bonds is 14. The maximum absolute atomic E-state index is 14.7. The van der Waals surface area contributed by atoms with Crippen LogP contribution in [0, 0.1) is 0 Å². The number of fused-ring (bicyclic) bond motifs is 9. The van der Waals surface area contributed by atoms with Gasteiger partial charge in [-0.05, 0) is 42.8 Å². The summed E-state index contributed by atoms with van der Waals surface area (Å²) >= 11 is 0. The molecule has 1 aromatic heterocycles. The maximum atomic E-state index is 14.7. The summed E-state index contributed by atoms with van der Waals surface area (Å²) in [5, 5.41) is 32.1. The van der Waals surface area contributed by atoms with Crippen LogP contribution < -0.4 is 31.3 Å². The van der Waals surface area contributed by atoms with E-state index in [0.717, 1.165) is 16.7 Å². The Hall–Kier alpha value is -6.17. The van der Waals surface area contributed by atoms with E-state index in [-0.39, 0.29) is 71.1 Å². The highest BCUT2D eigenvalue weighted by Gasteiger charge is 2.44. The van der Waals surface area contributed by atoms with Gasteiger partial charge in [-0.15, -0.1) is 5.10 Å². The molecule has 6 N–H and O–H groups in total. The molecule has 6 atom stereocenters. The number of benzene rings is 3. The SMILES string of the molecule is CN[C@@H](C)C(=O)N[C@@H](Cc1ccccc1)C(=O)N1C[C@@H]2C[C@H]1C(=O)N[C@@H](Cc1ccccc1)C(=O)N[C@H](C(=O)NCCOCCO)Cc1ccc(cc1)OCc1cn2nn1. The summed E-state index contributed by atoms with van der Waals surface area (Å²) in [6, 6.07) is 20.2. The average molecular weight is 824 g/mol. The molecule has 0 aliphatic carbocycles. The van der Waals surface area contributed by atoms with Crippen LogP contribution in [-0.4, -0.2) is 125 Å². The van der Waals surface area contributed by atoms with Gasteiger partial charge < -0.3 is 46.1 Å². The number of hydrogen-bond acceptors (Lipinski definition) is 11. The van der Waals surface area contributed by atoms with Crippen LogP contribution in [0.25, 0.3) is 0 Å². The Bertz CT molecular complexity index is 2050. The summed E-state index contributed by atoms with van der Waals surface area (Å²) in [5.74, 6) is -1.98. The molecule has 0 radical (unpaired) electrons. The lowest BCUT2D eigenvalue weighted by Crippen LogP contribution is -2.59. The second-order valence-electron chi connectivity index (χ2n) is 14.9. The number of aliphatic hydroxyl groups excluding tert-OH is 1. The largest absolute Gasteiger partial charge is 0.487 e. The smallest absolute Gasteiger partial charge is 0.246 e. The average Bonchev–Trinajstić information content (AvgIpc) is 3.93. The van der Waals surface area contributed by atoms with Crippen LogP contribution in [0.15, 0.2) is 91.1 Å². The lowest BCUT2D eigenvalue weighted by atomic mass is 10.0. The predicted octanol–water partition coefficient (Wildman–Crippen LogP) is 0.228. The molecule has 5 amide bonds. The van der Waals surface area contributed by atoms with Crippen LogP contribution in [0.1, 0.15) is 41.8 Å². The first-order valence-electron chi connectivity index (χ1n) is 20.2. The number of amides is 5. The minimum atomic E-state index is -1.16. The molecule has 3 aromatic carbocycles. The van der Waals surface area contributed by atoms with Crippen LogP contribution in [0.3, 0.4) is 0 Å². The molecule has 318 valence electrons. The molecule has 6 bridgehead atoms. The van der Waals surface area contributed by atoms with Crippen molar-refractivity contribution in [3.05, 3.63) is 114 Å². The van der Waals surface area contributed by atoms with Crippen LogP contribution in [0.5, 0.6) is 5.75 Å². The van der Waals surface area contributed by atoms with Gasteiger partial charge in [-0.3, -0.25) is 24.0 Å². The van der Waals surface area contributed by atoms with Crippen molar-refractivity contribution >= 4 is 29.5 Å². The van der Waals surface area contributed by atoms with Gasteiger partial charge in [-0.25, -0.2) is 4.68 Å². The third kappa shape index (κ3) is 11.7. The van der Waals surface area contributed by atoms with Gasteiger partial charge in [-0.2, -0.15) is 0 Å². The van der Waals surface area contributed by atoms with E-state index < -0.39 is 59.9 Å². The Kier molecular flexibility index (Phi) is 15.3. The normalized spacial score (nSPS) is 20.4. The zero-order valence-electron chi connectivity index (χ0n) is 33.8. The number of nitrogens with one attached hydrogen (secondary N) is 5. The van der Waals surface area contributed by atoms with Crippen molar-refractivity contribution in [2.45, 2.75) is 75.5 Å². The first kappa shape index (κ1) is 43.4. The molecular weight excluding hydrogens is 771 g/mol. The Morgan fingerprint density at radius 1 is 0.950 bits per heavy atom. The van der Waals surface area contributed by atoms with Crippen molar-refractivity contribution in [1.29, 1.82) is 0 Å². The molecule has 3 aliphatic heterocycles. The second kappa shape index (κ2) is 21.2. The summed E-state index contributed by atoms with van der Waals surface area (Å²) in [4.78, 5) is 72.1. The van der Waals surface area contributed by atoms with Crippen molar-refractivity contribution in [2.24, 2.45) is 0 Å². The monoisotopic (exact) mass is 823 g/mol. The molecule has 7 rings (SSSR count). The molecule has 17 heteroatoms. The predicted molar refractivity (Wildman–Crippen MR) is 219 cm³/mol. The number of nitrogens with zero attached hydrogens (tertiary/aromatic N) is 4. The van der Waals surface area contributed by atoms with Crippen molar-refractivity contribution in [2.75, 3.05) is 40.0 Å². The van der Waals surface area contributed by atoms with E-state index in [1.807, 2.05) is 60.7 Å². The number of ether oxygens (including phenoxy) is 2. The van der Waals surface area contributed by atoms with E-state index in [9.17, 15) is 24.0 Å². The fourth-order valence-corrected chi connectivity index (χ4v) is 7.19. The number of aromatic nitrogens is 3. The number of carbonyl (C=O) groups is 5. The molecule has 1 fully saturated rings. The minimum absolute atomic E-state index is 0.0601. The topological polar surface area (TPSA) is 218 Å². The standard InChI is InChI=1S/C43H53N9O8/c1-28(44-2)39(54)48-37(23-30-11-7-4-8-12-30)43(58)51-26-33-24-38(51)42(57)47-36(21-29-9-5-3-6-10-29)41(56)46-35(40(55)45-17-19-59-20-18-53)22-31-13-15-34(16-14-31)60-27-32-25-52(33)50-49-32/h3-16,25,28,33,35-38,44,53H,17-24,26-27H2,1-2H3,(H,45,55)(H,46,56)(H,47,57)(H,48,54)/t28-,33-,35-,36-,37-,38-/m0/s1. The molecule has 4 aromatic rings. The molecule has 3 aliphatic rings. The minimum Gasteiger partial charge on any atom is -0.487 e. The molecule has 1 saturated heterocycles. The highest BCUT2D eigenvalue weighted by atomic mass is 16.5. The Morgan fingerprint density at radius 3 is 2.37 bits per heavy atom. The van der Waals surface area contributed by atoms with Crippen molar-refractivity contribution < 1.29 is 38.6 Å². The molecule has 0 saturated carbocycles. The summed E-state index contributed by atoms with van der Waals surface area (Å²) in [6.45, 7) is 2.09. The fraction of sp³-hybridized carbons (Fsp3) is 0.419. The van der Waals surface area contributed by atoms with Crippen LogP contribution in [-0.2, 0) is 54.6 Å². The summed E-state index contributed by atoms with van der Waals surface area (Å²) in [5.41, 5.74) is 2.82. The zero-order chi connectivity index (χ0) is 42.4.